The number of anilines is 2. The second kappa shape index (κ2) is 5.39. The van der Waals surface area contributed by atoms with Crippen molar-refractivity contribution in [1.29, 1.82) is 0 Å². The predicted molar refractivity (Wildman–Crippen MR) is 71.8 cm³/mol. The predicted octanol–water partition coefficient (Wildman–Crippen LogP) is 1.01. The Balaban J connectivity index is 2.30. The SMILES string of the molecule is Cc1cc(F)cc(NS(=O)(=O)c2cnc(NN)nc2)c1. The number of nitrogens with two attached hydrogens (primary N) is 1. The Morgan fingerprint density at radius 1 is 1.20 bits per heavy atom. The number of halogens is 1. The third-order valence-corrected chi connectivity index (χ3v) is 3.70. The highest BCUT2D eigenvalue weighted by atomic mass is 32.2. The van der Waals surface area contributed by atoms with E-state index in [1.807, 2.05) is 0 Å². The molecule has 0 spiro atoms. The molecule has 4 N–H and O–H groups in total. The van der Waals surface area contributed by atoms with Gasteiger partial charge >= 0.3 is 0 Å². The Labute approximate surface area is 115 Å². The van der Waals surface area contributed by atoms with Crippen molar-refractivity contribution in [1.82, 2.24) is 9.97 Å². The van der Waals surface area contributed by atoms with Crippen LogP contribution in [0.25, 0.3) is 0 Å². The van der Waals surface area contributed by atoms with Crippen LogP contribution in [-0.4, -0.2) is 18.4 Å². The summed E-state index contributed by atoms with van der Waals surface area (Å²) in [5.74, 6) is 4.65. The van der Waals surface area contributed by atoms with E-state index in [2.05, 4.69) is 20.1 Å². The maximum absolute atomic E-state index is 13.2. The van der Waals surface area contributed by atoms with Crippen LogP contribution < -0.4 is 16.0 Å². The summed E-state index contributed by atoms with van der Waals surface area (Å²) in [7, 11) is -3.88. The number of benzene rings is 1. The summed E-state index contributed by atoms with van der Waals surface area (Å²) in [6, 6.07) is 3.89. The molecule has 2 rings (SSSR count). The molecule has 0 fully saturated rings. The van der Waals surface area contributed by atoms with Crippen molar-refractivity contribution in [2.24, 2.45) is 5.84 Å². The topological polar surface area (TPSA) is 110 Å². The minimum atomic E-state index is -3.88. The summed E-state index contributed by atoms with van der Waals surface area (Å²) in [6.45, 7) is 1.66. The Morgan fingerprint density at radius 3 is 2.40 bits per heavy atom. The highest BCUT2D eigenvalue weighted by Gasteiger charge is 2.16. The van der Waals surface area contributed by atoms with Crippen LogP contribution in [0, 0.1) is 12.7 Å². The molecule has 1 aromatic carbocycles. The lowest BCUT2D eigenvalue weighted by atomic mass is 10.2. The molecule has 0 saturated heterocycles. The number of hydrazine groups is 1. The van der Waals surface area contributed by atoms with Gasteiger partial charge in [-0.15, -0.1) is 0 Å². The van der Waals surface area contributed by atoms with Gasteiger partial charge in [0.2, 0.25) is 5.95 Å². The minimum Gasteiger partial charge on any atom is -0.292 e. The van der Waals surface area contributed by atoms with Crippen LogP contribution in [0.1, 0.15) is 5.56 Å². The van der Waals surface area contributed by atoms with E-state index in [-0.39, 0.29) is 16.5 Å². The van der Waals surface area contributed by atoms with Gasteiger partial charge in [0.1, 0.15) is 10.7 Å². The van der Waals surface area contributed by atoms with Gasteiger partial charge in [-0.3, -0.25) is 10.1 Å². The van der Waals surface area contributed by atoms with Crippen LogP contribution in [0.2, 0.25) is 0 Å². The summed E-state index contributed by atoms with van der Waals surface area (Å²) >= 11 is 0. The first-order valence-electron chi connectivity index (χ1n) is 5.49. The van der Waals surface area contributed by atoms with Crippen LogP contribution in [0.3, 0.4) is 0 Å². The third-order valence-electron chi connectivity index (χ3n) is 2.36. The van der Waals surface area contributed by atoms with E-state index in [1.165, 1.54) is 12.1 Å². The standard InChI is InChI=1S/C11H12FN5O2S/c1-7-2-8(12)4-9(3-7)17-20(18,19)10-5-14-11(16-13)15-6-10/h2-6,17H,13H2,1H3,(H,14,15,16). The maximum atomic E-state index is 13.2. The van der Waals surface area contributed by atoms with Crippen molar-refractivity contribution in [2.45, 2.75) is 11.8 Å². The van der Waals surface area contributed by atoms with Crippen LogP contribution in [0.4, 0.5) is 16.0 Å². The zero-order valence-corrected chi connectivity index (χ0v) is 11.3. The smallest absolute Gasteiger partial charge is 0.264 e. The van der Waals surface area contributed by atoms with Gasteiger partial charge in [-0.1, -0.05) is 0 Å². The quantitative estimate of drug-likeness (QED) is 0.574. The number of nitrogen functional groups attached to an aromatic ring is 1. The molecule has 7 nitrogen and oxygen atoms in total. The Bertz CT molecular complexity index is 698. The maximum Gasteiger partial charge on any atom is 0.264 e. The molecule has 0 aliphatic rings. The van der Waals surface area contributed by atoms with Crippen molar-refractivity contribution in [3.63, 3.8) is 0 Å². The number of hydrogen-bond acceptors (Lipinski definition) is 6. The molecule has 1 heterocycles. The number of nitrogens with one attached hydrogen (secondary N) is 2. The normalized spacial score (nSPS) is 11.2. The largest absolute Gasteiger partial charge is 0.292 e. The molecular weight excluding hydrogens is 285 g/mol. The van der Waals surface area contributed by atoms with Gasteiger partial charge in [0.05, 0.1) is 18.1 Å². The number of nitrogens with zero attached hydrogens (tertiary/aromatic N) is 2. The molecule has 20 heavy (non-hydrogen) atoms. The van der Waals surface area contributed by atoms with E-state index >= 15 is 0 Å². The fourth-order valence-electron chi connectivity index (χ4n) is 1.54. The lowest BCUT2D eigenvalue weighted by Crippen LogP contribution is -2.15. The van der Waals surface area contributed by atoms with Gasteiger partial charge in [-0.2, -0.15) is 0 Å². The molecule has 0 radical (unpaired) electrons. The van der Waals surface area contributed by atoms with Crippen LogP contribution >= 0.6 is 0 Å². The van der Waals surface area contributed by atoms with E-state index in [0.29, 0.717) is 5.56 Å². The summed E-state index contributed by atoms with van der Waals surface area (Å²) < 4.78 is 39.6. The first-order valence-corrected chi connectivity index (χ1v) is 6.98. The third kappa shape index (κ3) is 3.19. The van der Waals surface area contributed by atoms with Crippen molar-refractivity contribution in [3.05, 3.63) is 42.0 Å². The van der Waals surface area contributed by atoms with Gasteiger partial charge in [0, 0.05) is 0 Å². The summed E-state index contributed by atoms with van der Waals surface area (Å²) in [6.07, 6.45) is 2.19. The molecule has 106 valence electrons. The molecule has 2 aromatic rings. The second-order valence-corrected chi connectivity index (χ2v) is 5.69. The van der Waals surface area contributed by atoms with Crippen LogP contribution in [0.5, 0.6) is 0 Å². The lowest BCUT2D eigenvalue weighted by Gasteiger charge is -2.08. The average Bonchev–Trinajstić information content (AvgIpc) is 2.37. The van der Waals surface area contributed by atoms with Crippen molar-refractivity contribution >= 4 is 21.7 Å². The van der Waals surface area contributed by atoms with Gasteiger partial charge in [-0.25, -0.2) is 28.6 Å². The summed E-state index contributed by atoms with van der Waals surface area (Å²) in [5.41, 5.74) is 2.91. The van der Waals surface area contributed by atoms with Crippen molar-refractivity contribution < 1.29 is 12.8 Å². The van der Waals surface area contributed by atoms with E-state index in [4.69, 9.17) is 5.84 Å². The lowest BCUT2D eigenvalue weighted by molar-refractivity contribution is 0.600. The first-order chi connectivity index (χ1) is 9.40. The van der Waals surface area contributed by atoms with Crippen molar-refractivity contribution in [2.75, 3.05) is 10.1 Å². The molecule has 0 unspecified atom stereocenters. The van der Waals surface area contributed by atoms with Crippen LogP contribution in [-0.2, 0) is 10.0 Å². The average molecular weight is 297 g/mol. The highest BCUT2D eigenvalue weighted by Crippen LogP contribution is 2.18. The molecular formula is C11H12FN5O2S. The van der Waals surface area contributed by atoms with Gasteiger partial charge in [-0.05, 0) is 30.7 Å². The van der Waals surface area contributed by atoms with Gasteiger partial charge in [0.25, 0.3) is 10.0 Å². The molecule has 0 amide bonds. The Morgan fingerprint density at radius 2 is 1.85 bits per heavy atom. The Kier molecular flexibility index (Phi) is 3.81. The number of aromatic nitrogens is 2. The molecule has 0 bridgehead atoms. The Hall–Kier alpha value is -2.26. The van der Waals surface area contributed by atoms with Crippen molar-refractivity contribution in [3.8, 4) is 0 Å². The van der Waals surface area contributed by atoms with Gasteiger partial charge < -0.3 is 0 Å². The molecule has 0 aliphatic heterocycles. The molecule has 0 atom stereocenters. The fraction of sp³-hybridized carbons (Fsp3) is 0.0909. The molecule has 1 aromatic heterocycles. The zero-order valence-electron chi connectivity index (χ0n) is 10.5. The van der Waals surface area contributed by atoms with Gasteiger partial charge in [0.15, 0.2) is 0 Å². The van der Waals surface area contributed by atoms with E-state index in [0.717, 1.165) is 18.5 Å². The number of sulfonamides is 1. The van der Waals surface area contributed by atoms with E-state index in [9.17, 15) is 12.8 Å². The first kappa shape index (κ1) is 14.2. The highest BCUT2D eigenvalue weighted by molar-refractivity contribution is 7.92. The molecule has 0 aliphatic carbocycles. The molecule has 0 saturated carbocycles. The van der Waals surface area contributed by atoms with E-state index in [1.54, 1.807) is 6.92 Å². The molecule has 9 heteroatoms. The monoisotopic (exact) mass is 297 g/mol. The zero-order chi connectivity index (χ0) is 14.8. The van der Waals surface area contributed by atoms with E-state index < -0.39 is 15.8 Å². The fourth-order valence-corrected chi connectivity index (χ4v) is 2.47. The number of aryl methyl sites for hydroxylation is 1. The summed E-state index contributed by atoms with van der Waals surface area (Å²) in [5, 5.41) is 0. The minimum absolute atomic E-state index is 0.0885. The second-order valence-electron chi connectivity index (χ2n) is 4.01. The number of rotatable bonds is 4. The number of hydrogen-bond donors (Lipinski definition) is 3. The summed E-state index contributed by atoms with van der Waals surface area (Å²) in [4.78, 5) is 7.25. The van der Waals surface area contributed by atoms with Crippen LogP contribution in [0.15, 0.2) is 35.5 Å².